The molecule has 0 unspecified atom stereocenters. The number of carbonyl (C=O) groups excluding carboxylic acids is 1. The molecule has 2 rings (SSSR count). The highest BCUT2D eigenvalue weighted by Crippen LogP contribution is 2.24. The topological polar surface area (TPSA) is 83.9 Å². The van der Waals surface area contributed by atoms with Gasteiger partial charge < -0.3 is 4.74 Å². The number of carbonyl (C=O) groups is 1. The van der Waals surface area contributed by atoms with E-state index in [4.69, 9.17) is 9.29 Å². The van der Waals surface area contributed by atoms with Crippen molar-refractivity contribution in [3.8, 4) is 0 Å². The lowest BCUT2D eigenvalue weighted by Gasteiger charge is -2.13. The molecular weight excluding hydrogens is 289 g/mol. The summed E-state index contributed by atoms with van der Waals surface area (Å²) in [6, 6.07) is 4.36. The SMILES string of the molecule is Cc1ccc(N2C[C@H](CCS(=O)(=O)O)OC2=O)cc1F. The van der Waals surface area contributed by atoms with Crippen molar-refractivity contribution in [3.63, 3.8) is 0 Å². The smallest absolute Gasteiger partial charge is 0.414 e. The standard InChI is InChI=1S/C12H14FNO5S/c1-8-2-3-9(6-11(8)13)14-7-10(19-12(14)15)4-5-20(16,17)18/h2-3,6,10H,4-5,7H2,1H3,(H,16,17,18)/t10-/m0/s1. The molecule has 1 N–H and O–H groups in total. The van der Waals surface area contributed by atoms with E-state index in [-0.39, 0.29) is 13.0 Å². The van der Waals surface area contributed by atoms with Crippen molar-refractivity contribution in [3.05, 3.63) is 29.6 Å². The van der Waals surface area contributed by atoms with Crippen molar-refractivity contribution >= 4 is 21.9 Å². The van der Waals surface area contributed by atoms with Crippen LogP contribution in [0, 0.1) is 12.7 Å². The molecule has 1 heterocycles. The van der Waals surface area contributed by atoms with Crippen molar-refractivity contribution < 1.29 is 26.9 Å². The highest BCUT2D eigenvalue weighted by Gasteiger charge is 2.33. The van der Waals surface area contributed by atoms with E-state index < -0.39 is 33.9 Å². The zero-order valence-electron chi connectivity index (χ0n) is 10.7. The van der Waals surface area contributed by atoms with Gasteiger partial charge in [0, 0.05) is 6.42 Å². The minimum Gasteiger partial charge on any atom is -0.444 e. The predicted octanol–water partition coefficient (Wildman–Crippen LogP) is 1.74. The summed E-state index contributed by atoms with van der Waals surface area (Å²) in [5, 5.41) is 0. The van der Waals surface area contributed by atoms with Crippen LogP contribution in [0.25, 0.3) is 0 Å². The van der Waals surface area contributed by atoms with Gasteiger partial charge >= 0.3 is 6.09 Å². The lowest BCUT2D eigenvalue weighted by molar-refractivity contribution is 0.139. The summed E-state index contributed by atoms with van der Waals surface area (Å²) in [5.74, 6) is -0.919. The van der Waals surface area contributed by atoms with Crippen LogP contribution in [0.2, 0.25) is 0 Å². The van der Waals surface area contributed by atoms with Crippen molar-refractivity contribution in [1.82, 2.24) is 0 Å². The molecule has 0 radical (unpaired) electrons. The molecule has 0 bridgehead atoms. The third-order valence-electron chi connectivity index (χ3n) is 3.04. The van der Waals surface area contributed by atoms with Crippen LogP contribution in [0.4, 0.5) is 14.9 Å². The first kappa shape index (κ1) is 14.7. The Labute approximate surface area is 115 Å². The molecule has 1 aliphatic rings. The van der Waals surface area contributed by atoms with Crippen molar-refractivity contribution in [2.45, 2.75) is 19.4 Å². The summed E-state index contributed by atoms with van der Waals surface area (Å²) in [5.41, 5.74) is 0.816. The summed E-state index contributed by atoms with van der Waals surface area (Å²) in [7, 11) is -4.09. The zero-order valence-corrected chi connectivity index (χ0v) is 11.6. The quantitative estimate of drug-likeness (QED) is 0.856. The molecule has 110 valence electrons. The Morgan fingerprint density at radius 1 is 1.50 bits per heavy atom. The van der Waals surface area contributed by atoms with Crippen molar-refractivity contribution in [2.75, 3.05) is 17.2 Å². The number of aryl methyl sites for hydroxylation is 1. The number of anilines is 1. The van der Waals surface area contributed by atoms with E-state index in [1.54, 1.807) is 19.1 Å². The van der Waals surface area contributed by atoms with Gasteiger partial charge in [0.25, 0.3) is 10.1 Å². The van der Waals surface area contributed by atoms with Crippen LogP contribution in [0.3, 0.4) is 0 Å². The Morgan fingerprint density at radius 3 is 2.80 bits per heavy atom. The third kappa shape index (κ3) is 3.45. The monoisotopic (exact) mass is 303 g/mol. The highest BCUT2D eigenvalue weighted by molar-refractivity contribution is 7.85. The van der Waals surface area contributed by atoms with Crippen LogP contribution >= 0.6 is 0 Å². The molecule has 0 saturated carbocycles. The lowest BCUT2D eigenvalue weighted by Crippen LogP contribution is -2.25. The van der Waals surface area contributed by atoms with Gasteiger partial charge in [-0.15, -0.1) is 0 Å². The average molecular weight is 303 g/mol. The van der Waals surface area contributed by atoms with Crippen LogP contribution in [0.5, 0.6) is 0 Å². The molecule has 1 aliphatic heterocycles. The fraction of sp³-hybridized carbons (Fsp3) is 0.417. The number of hydrogen-bond acceptors (Lipinski definition) is 4. The molecule has 1 fully saturated rings. The van der Waals surface area contributed by atoms with E-state index in [2.05, 4.69) is 0 Å². The average Bonchev–Trinajstić information content (AvgIpc) is 2.71. The Kier molecular flexibility index (Phi) is 3.96. The van der Waals surface area contributed by atoms with Gasteiger partial charge in [-0.05, 0) is 24.6 Å². The first-order valence-electron chi connectivity index (χ1n) is 5.96. The molecule has 1 aromatic carbocycles. The minimum absolute atomic E-state index is 0.00455. The van der Waals surface area contributed by atoms with Crippen LogP contribution in [-0.2, 0) is 14.9 Å². The largest absolute Gasteiger partial charge is 0.444 e. The fourth-order valence-corrected chi connectivity index (χ4v) is 2.47. The van der Waals surface area contributed by atoms with E-state index in [0.717, 1.165) is 0 Å². The Hall–Kier alpha value is -1.67. The molecule has 1 saturated heterocycles. The first-order valence-corrected chi connectivity index (χ1v) is 7.56. The Bertz CT molecular complexity index is 631. The number of ether oxygens (including phenoxy) is 1. The maximum atomic E-state index is 13.5. The van der Waals surface area contributed by atoms with Gasteiger partial charge in [0.15, 0.2) is 0 Å². The highest BCUT2D eigenvalue weighted by atomic mass is 32.2. The molecule has 20 heavy (non-hydrogen) atoms. The summed E-state index contributed by atoms with van der Waals surface area (Å²) in [6.07, 6.45) is -1.31. The molecule has 1 atom stereocenters. The molecule has 6 nitrogen and oxygen atoms in total. The van der Waals surface area contributed by atoms with Gasteiger partial charge in [0.1, 0.15) is 11.9 Å². The second-order valence-corrected chi connectivity index (χ2v) is 6.20. The van der Waals surface area contributed by atoms with E-state index >= 15 is 0 Å². The summed E-state index contributed by atoms with van der Waals surface area (Å²) in [6.45, 7) is 1.73. The number of rotatable bonds is 4. The maximum absolute atomic E-state index is 13.5. The first-order chi connectivity index (χ1) is 9.26. The van der Waals surface area contributed by atoms with Gasteiger partial charge in [-0.3, -0.25) is 9.45 Å². The van der Waals surface area contributed by atoms with Gasteiger partial charge in [0.2, 0.25) is 0 Å². The maximum Gasteiger partial charge on any atom is 0.414 e. The fourth-order valence-electron chi connectivity index (χ4n) is 1.91. The lowest BCUT2D eigenvalue weighted by atomic mass is 10.2. The number of halogens is 1. The minimum atomic E-state index is -4.09. The van der Waals surface area contributed by atoms with Gasteiger partial charge in [-0.2, -0.15) is 8.42 Å². The Morgan fingerprint density at radius 2 is 2.20 bits per heavy atom. The van der Waals surface area contributed by atoms with Crippen LogP contribution in [-0.4, -0.2) is 37.5 Å². The molecule has 1 aromatic rings. The van der Waals surface area contributed by atoms with E-state index in [1.807, 2.05) is 0 Å². The van der Waals surface area contributed by atoms with E-state index in [9.17, 15) is 17.6 Å². The molecule has 8 heteroatoms. The van der Waals surface area contributed by atoms with Crippen molar-refractivity contribution in [2.24, 2.45) is 0 Å². The number of hydrogen-bond donors (Lipinski definition) is 1. The van der Waals surface area contributed by atoms with Gasteiger partial charge in [0.05, 0.1) is 18.0 Å². The van der Waals surface area contributed by atoms with Crippen LogP contribution < -0.4 is 4.90 Å². The zero-order chi connectivity index (χ0) is 14.9. The molecule has 1 amide bonds. The summed E-state index contributed by atoms with van der Waals surface area (Å²) < 4.78 is 48.4. The predicted molar refractivity (Wildman–Crippen MR) is 69.8 cm³/mol. The van der Waals surface area contributed by atoms with E-state index in [0.29, 0.717) is 11.3 Å². The van der Waals surface area contributed by atoms with Crippen molar-refractivity contribution in [1.29, 1.82) is 0 Å². The summed E-state index contributed by atoms with van der Waals surface area (Å²) >= 11 is 0. The normalized spacial score (nSPS) is 19.2. The summed E-state index contributed by atoms with van der Waals surface area (Å²) in [4.78, 5) is 12.9. The number of amides is 1. The van der Waals surface area contributed by atoms with Gasteiger partial charge in [-0.1, -0.05) is 6.07 Å². The number of benzene rings is 1. The second kappa shape index (κ2) is 5.37. The Balaban J connectivity index is 2.07. The van der Waals surface area contributed by atoms with Crippen LogP contribution in [0.1, 0.15) is 12.0 Å². The van der Waals surface area contributed by atoms with Gasteiger partial charge in [-0.25, -0.2) is 9.18 Å². The second-order valence-electron chi connectivity index (χ2n) is 4.62. The third-order valence-corrected chi connectivity index (χ3v) is 3.79. The molecular formula is C12H14FNO5S. The number of cyclic esters (lactones) is 1. The number of nitrogens with zero attached hydrogens (tertiary/aromatic N) is 1. The van der Waals surface area contributed by atoms with E-state index in [1.165, 1.54) is 11.0 Å². The molecule has 0 aliphatic carbocycles. The van der Waals surface area contributed by atoms with Crippen LogP contribution in [0.15, 0.2) is 18.2 Å². The molecule has 0 spiro atoms. The molecule has 0 aromatic heterocycles.